The quantitative estimate of drug-likeness (QED) is 0.154. The predicted octanol–water partition coefficient (Wildman–Crippen LogP) is 19.2. The number of hydrogen-bond acceptors (Lipinski definition) is 1. The van der Waals surface area contributed by atoms with E-state index in [0.29, 0.717) is 0 Å². The van der Waals surface area contributed by atoms with Crippen LogP contribution in [0.25, 0.3) is 33.0 Å². The molecule has 1 heteroatoms. The van der Waals surface area contributed by atoms with Gasteiger partial charge in [0, 0.05) is 17.1 Å². The first-order valence-electron chi connectivity index (χ1n) is 26.7. The van der Waals surface area contributed by atoms with Crippen LogP contribution in [0.4, 0.5) is 17.1 Å². The van der Waals surface area contributed by atoms with E-state index >= 15 is 0 Å². The Balaban J connectivity index is 1.13. The van der Waals surface area contributed by atoms with Crippen molar-refractivity contribution in [1.29, 1.82) is 0 Å². The highest BCUT2D eigenvalue weighted by Crippen LogP contribution is 2.60. The molecule has 0 amide bonds. The lowest BCUT2D eigenvalue weighted by molar-refractivity contribution is 0.588. The average Bonchev–Trinajstić information content (AvgIpc) is 3.86. The molecule has 1 nitrogen and oxygen atoms in total. The molecule has 2 aliphatic carbocycles. The number of nitrogens with zero attached hydrogens (tertiary/aromatic N) is 1. The van der Waals surface area contributed by atoms with E-state index in [1.54, 1.807) is 0 Å². The Kier molecular flexibility index (Phi) is 11.0. The smallest absolute Gasteiger partial charge is 0.0714 e. The number of rotatable bonds is 7. The first-order valence-corrected chi connectivity index (χ1v) is 26.7. The van der Waals surface area contributed by atoms with Gasteiger partial charge < -0.3 is 4.90 Å². The molecular formula is C73H67N. The topological polar surface area (TPSA) is 3.24 Å². The fourth-order valence-corrected chi connectivity index (χ4v) is 12.7. The largest absolute Gasteiger partial charge is 0.310 e. The van der Waals surface area contributed by atoms with Crippen LogP contribution in [0.5, 0.6) is 0 Å². The fraction of sp³-hybridized carbons (Fsp3) is 0.205. The first kappa shape index (κ1) is 47.3. The van der Waals surface area contributed by atoms with Crippen molar-refractivity contribution < 1.29 is 0 Å². The van der Waals surface area contributed by atoms with Gasteiger partial charge >= 0.3 is 0 Å². The second kappa shape index (κ2) is 17.2. The molecule has 0 fully saturated rings. The molecule has 0 aromatic heterocycles. The highest BCUT2D eigenvalue weighted by Gasteiger charge is 2.48. The molecule has 10 aromatic rings. The van der Waals surface area contributed by atoms with Crippen molar-refractivity contribution in [3.05, 3.63) is 291 Å². The van der Waals surface area contributed by atoms with E-state index in [2.05, 4.69) is 299 Å². The van der Waals surface area contributed by atoms with Gasteiger partial charge in [-0.05, 0) is 165 Å². The Morgan fingerprint density at radius 2 is 0.662 bits per heavy atom. The van der Waals surface area contributed by atoms with E-state index in [4.69, 9.17) is 0 Å². The van der Waals surface area contributed by atoms with E-state index < -0.39 is 10.8 Å². The molecule has 12 rings (SSSR count). The minimum absolute atomic E-state index is 0.0161. The molecule has 0 spiro atoms. The van der Waals surface area contributed by atoms with Gasteiger partial charge in [0.2, 0.25) is 0 Å². The normalized spacial score (nSPS) is 15.6. The molecule has 0 heterocycles. The van der Waals surface area contributed by atoms with E-state index in [1.165, 1.54) is 99.8 Å². The first-order chi connectivity index (χ1) is 35.5. The van der Waals surface area contributed by atoms with Crippen LogP contribution in [0.3, 0.4) is 0 Å². The van der Waals surface area contributed by atoms with Gasteiger partial charge in [0.25, 0.3) is 0 Å². The predicted molar refractivity (Wildman–Crippen MR) is 314 cm³/mol. The van der Waals surface area contributed by atoms with Crippen molar-refractivity contribution in [3.8, 4) is 22.3 Å². The summed E-state index contributed by atoms with van der Waals surface area (Å²) in [5.41, 5.74) is 22.8. The molecule has 2 aliphatic rings. The maximum atomic E-state index is 2.52. The third kappa shape index (κ3) is 7.41. The Morgan fingerprint density at radius 1 is 0.284 bits per heavy atom. The summed E-state index contributed by atoms with van der Waals surface area (Å²) in [5, 5.41) is 2.48. The van der Waals surface area contributed by atoms with Crippen LogP contribution < -0.4 is 4.90 Å². The van der Waals surface area contributed by atoms with Crippen LogP contribution in [0.15, 0.2) is 224 Å². The third-order valence-corrected chi connectivity index (χ3v) is 16.6. The summed E-state index contributed by atoms with van der Waals surface area (Å²) in [4.78, 5) is 2.52. The number of aryl methyl sites for hydroxylation is 1. The molecule has 364 valence electrons. The second-order valence-corrected chi connectivity index (χ2v) is 24.3. The third-order valence-electron chi connectivity index (χ3n) is 16.6. The van der Waals surface area contributed by atoms with Gasteiger partial charge in [0.1, 0.15) is 0 Å². The molecule has 0 saturated heterocycles. The van der Waals surface area contributed by atoms with Gasteiger partial charge in [0.15, 0.2) is 0 Å². The maximum Gasteiger partial charge on any atom is 0.0714 e. The lowest BCUT2D eigenvalue weighted by atomic mass is 9.66. The van der Waals surface area contributed by atoms with Crippen molar-refractivity contribution in [2.75, 3.05) is 4.90 Å². The Bertz CT molecular complexity index is 3720. The zero-order chi connectivity index (χ0) is 51.4. The Morgan fingerprint density at radius 3 is 1.11 bits per heavy atom. The van der Waals surface area contributed by atoms with Crippen LogP contribution in [-0.4, -0.2) is 0 Å². The van der Waals surface area contributed by atoms with Crippen molar-refractivity contribution in [1.82, 2.24) is 0 Å². The summed E-state index contributed by atoms with van der Waals surface area (Å²) in [7, 11) is 0. The van der Waals surface area contributed by atoms with Crippen molar-refractivity contribution >= 4 is 27.8 Å². The lowest BCUT2D eigenvalue weighted by Gasteiger charge is -2.36. The number of benzene rings is 10. The summed E-state index contributed by atoms with van der Waals surface area (Å²) in [5.74, 6) is 0. The summed E-state index contributed by atoms with van der Waals surface area (Å²) in [6.45, 7) is 23.0. The fourth-order valence-electron chi connectivity index (χ4n) is 12.7. The van der Waals surface area contributed by atoms with Crippen LogP contribution in [0.1, 0.15) is 129 Å². The van der Waals surface area contributed by atoms with Crippen LogP contribution in [-0.2, 0) is 27.1 Å². The highest BCUT2D eigenvalue weighted by atomic mass is 15.1. The molecular weight excluding hydrogens is 891 g/mol. The molecule has 74 heavy (non-hydrogen) atoms. The SMILES string of the molecule is Cc1cccc(N(c2ccc3c(c2)C(c2ccc(C(C)(C)C)cc2)(c2ccc(C(C)(C)C)cc2)c2ccccc2-3)c2ccc3c(c2)C(c2ccc(C(C)(C)C)cc2)(c2ccc4ccccc4c2)c2ccccc2-3)c1. The Hall–Kier alpha value is -7.74. The molecule has 0 N–H and O–H groups in total. The zero-order valence-electron chi connectivity index (χ0n) is 44.8. The summed E-state index contributed by atoms with van der Waals surface area (Å²) in [6.07, 6.45) is 0. The average molecular weight is 958 g/mol. The van der Waals surface area contributed by atoms with Crippen molar-refractivity contribution in [2.45, 2.75) is 96.3 Å². The van der Waals surface area contributed by atoms with Gasteiger partial charge in [-0.3, -0.25) is 0 Å². The maximum absolute atomic E-state index is 2.52. The number of fused-ring (bicyclic) bond motifs is 7. The van der Waals surface area contributed by atoms with Crippen molar-refractivity contribution in [3.63, 3.8) is 0 Å². The van der Waals surface area contributed by atoms with E-state index in [0.717, 1.165) is 17.1 Å². The van der Waals surface area contributed by atoms with Crippen LogP contribution >= 0.6 is 0 Å². The van der Waals surface area contributed by atoms with E-state index in [1.807, 2.05) is 0 Å². The molecule has 0 aliphatic heterocycles. The summed E-state index contributed by atoms with van der Waals surface area (Å²) in [6, 6.07) is 86.5. The van der Waals surface area contributed by atoms with Gasteiger partial charge in [-0.2, -0.15) is 0 Å². The van der Waals surface area contributed by atoms with Crippen LogP contribution in [0, 0.1) is 6.92 Å². The minimum atomic E-state index is -0.603. The molecule has 1 unspecified atom stereocenters. The van der Waals surface area contributed by atoms with Gasteiger partial charge in [-0.1, -0.05) is 244 Å². The zero-order valence-corrected chi connectivity index (χ0v) is 44.8. The minimum Gasteiger partial charge on any atom is -0.310 e. The second-order valence-electron chi connectivity index (χ2n) is 24.3. The molecule has 1 atom stereocenters. The summed E-state index contributed by atoms with van der Waals surface area (Å²) >= 11 is 0. The molecule has 0 bridgehead atoms. The van der Waals surface area contributed by atoms with Gasteiger partial charge in [0.05, 0.1) is 10.8 Å². The van der Waals surface area contributed by atoms with Gasteiger partial charge in [-0.25, -0.2) is 0 Å². The Labute approximate surface area is 440 Å². The highest BCUT2D eigenvalue weighted by molar-refractivity contribution is 5.93. The summed E-state index contributed by atoms with van der Waals surface area (Å²) < 4.78 is 0. The monoisotopic (exact) mass is 958 g/mol. The molecule has 0 radical (unpaired) electrons. The lowest BCUT2D eigenvalue weighted by Crippen LogP contribution is -2.29. The molecule has 0 saturated carbocycles. The van der Waals surface area contributed by atoms with Crippen molar-refractivity contribution in [2.24, 2.45) is 0 Å². The number of hydrogen-bond donors (Lipinski definition) is 0. The standard InChI is InChI=1S/C73H67N/c1-48-18-17-21-58(44-48)74(59-40-42-63-61-22-13-15-24-65(61)72(67(63)46-59,54-34-28-51(29-35-54)69(2,3)4)55-36-30-52(31-37-55)70(5,6)7)60-41-43-64-62-23-14-16-25-66(62)73(68(64)47-60,56-38-32-53(33-39-56)71(8,9)10)57-27-26-49-19-11-12-20-50(49)45-57/h11-47H,1-10H3. The van der Waals surface area contributed by atoms with Gasteiger partial charge in [-0.15, -0.1) is 0 Å². The number of anilines is 3. The van der Waals surface area contributed by atoms with Crippen LogP contribution in [0.2, 0.25) is 0 Å². The van der Waals surface area contributed by atoms with E-state index in [-0.39, 0.29) is 16.2 Å². The van der Waals surface area contributed by atoms with E-state index in [9.17, 15) is 0 Å². The molecule has 10 aromatic carbocycles.